The van der Waals surface area contributed by atoms with Gasteiger partial charge in [-0.05, 0) is 67.5 Å². The van der Waals surface area contributed by atoms with Gasteiger partial charge in [0.1, 0.15) is 0 Å². The standard InChI is InChI=1S/C27H28N6O2/c1-35-18-21-8-6-16-33(21)32-27(34)23-9-2-3-10-24(23)29-20-11-13-22-25(30-31-26(22)17-20)14-12-19-7-4-5-15-28-19/h2-5,7,9-15,17,21,29H,6,8,16,18H2,1H3,(H,30,31)(H,32,34)/b14-12+/t21-/m1/s1. The van der Waals surface area contributed by atoms with Gasteiger partial charge < -0.3 is 10.1 Å². The predicted molar refractivity (Wildman–Crippen MR) is 138 cm³/mol. The summed E-state index contributed by atoms with van der Waals surface area (Å²) >= 11 is 0. The van der Waals surface area contributed by atoms with Crippen LogP contribution in [0.3, 0.4) is 0 Å². The van der Waals surface area contributed by atoms with Crippen LogP contribution in [-0.4, -0.2) is 52.4 Å². The highest BCUT2D eigenvalue weighted by Gasteiger charge is 2.26. The zero-order valence-electron chi connectivity index (χ0n) is 19.6. The van der Waals surface area contributed by atoms with Gasteiger partial charge in [-0.3, -0.25) is 20.3 Å². The Bertz CT molecular complexity index is 1330. The van der Waals surface area contributed by atoms with Gasteiger partial charge in [0.05, 0.1) is 40.8 Å². The maximum Gasteiger partial charge on any atom is 0.267 e. The summed E-state index contributed by atoms with van der Waals surface area (Å²) in [5.74, 6) is -0.138. The molecule has 0 spiro atoms. The molecule has 1 fully saturated rings. The molecule has 4 aromatic rings. The minimum atomic E-state index is -0.138. The Morgan fingerprint density at radius 2 is 2.06 bits per heavy atom. The van der Waals surface area contributed by atoms with E-state index in [4.69, 9.17) is 4.74 Å². The molecule has 0 saturated carbocycles. The number of para-hydroxylation sites is 1. The summed E-state index contributed by atoms with van der Waals surface area (Å²) < 4.78 is 5.30. The molecule has 8 heteroatoms. The van der Waals surface area contributed by atoms with Gasteiger partial charge in [-0.2, -0.15) is 5.10 Å². The Hall–Kier alpha value is -4.01. The molecule has 0 bridgehead atoms. The maximum atomic E-state index is 13.1. The molecule has 3 N–H and O–H groups in total. The third kappa shape index (κ3) is 5.24. The van der Waals surface area contributed by atoms with E-state index in [9.17, 15) is 4.79 Å². The first-order chi connectivity index (χ1) is 17.2. The number of rotatable bonds is 8. The number of ether oxygens (including phenoxy) is 1. The number of methoxy groups -OCH3 is 1. The highest BCUT2D eigenvalue weighted by atomic mass is 16.5. The van der Waals surface area contributed by atoms with E-state index in [1.165, 1.54) is 0 Å². The highest BCUT2D eigenvalue weighted by molar-refractivity contribution is 6.00. The molecule has 0 aliphatic carbocycles. The van der Waals surface area contributed by atoms with Crippen LogP contribution in [0, 0.1) is 0 Å². The molecule has 1 saturated heterocycles. The lowest BCUT2D eigenvalue weighted by molar-refractivity contribution is 0.0612. The molecule has 3 heterocycles. The van der Waals surface area contributed by atoms with Gasteiger partial charge in [-0.25, -0.2) is 5.01 Å². The van der Waals surface area contributed by atoms with Crippen LogP contribution in [0.4, 0.5) is 11.4 Å². The van der Waals surface area contributed by atoms with Crippen LogP contribution in [0.1, 0.15) is 34.6 Å². The highest BCUT2D eigenvalue weighted by Crippen LogP contribution is 2.26. The first-order valence-electron chi connectivity index (χ1n) is 11.7. The monoisotopic (exact) mass is 468 g/mol. The third-order valence-electron chi connectivity index (χ3n) is 6.12. The number of pyridine rings is 1. The summed E-state index contributed by atoms with van der Waals surface area (Å²) in [6, 6.07) is 19.5. The summed E-state index contributed by atoms with van der Waals surface area (Å²) in [7, 11) is 1.69. The Kier molecular flexibility index (Phi) is 6.83. The Morgan fingerprint density at radius 3 is 2.91 bits per heavy atom. The number of benzene rings is 2. The second kappa shape index (κ2) is 10.5. The van der Waals surface area contributed by atoms with Gasteiger partial charge in [0.2, 0.25) is 0 Å². The van der Waals surface area contributed by atoms with Gasteiger partial charge >= 0.3 is 0 Å². The summed E-state index contributed by atoms with van der Waals surface area (Å²) in [6.07, 6.45) is 7.70. The average molecular weight is 469 g/mol. The molecule has 0 radical (unpaired) electrons. The second-order valence-electron chi connectivity index (χ2n) is 8.51. The SMILES string of the molecule is COC[C@H]1CCCN1NC(=O)c1ccccc1Nc1ccc2c(/C=C/c3ccccn3)n[nH]c2c1. The van der Waals surface area contributed by atoms with Crippen molar-refractivity contribution < 1.29 is 9.53 Å². The van der Waals surface area contributed by atoms with Crippen molar-refractivity contribution in [2.75, 3.05) is 25.6 Å². The number of hydrogen-bond acceptors (Lipinski definition) is 6. The fraction of sp³-hybridized carbons (Fsp3) is 0.222. The lowest BCUT2D eigenvalue weighted by Gasteiger charge is -2.25. The normalized spacial score (nSPS) is 16.2. The fourth-order valence-electron chi connectivity index (χ4n) is 4.37. The summed E-state index contributed by atoms with van der Waals surface area (Å²) in [6.45, 7) is 1.42. The van der Waals surface area contributed by atoms with Crippen LogP contribution in [0.25, 0.3) is 23.1 Å². The number of carbonyl (C=O) groups is 1. The zero-order valence-corrected chi connectivity index (χ0v) is 19.6. The van der Waals surface area contributed by atoms with Crippen molar-refractivity contribution in [3.63, 3.8) is 0 Å². The number of nitrogens with zero attached hydrogens (tertiary/aromatic N) is 3. The quantitative estimate of drug-likeness (QED) is 0.349. The van der Waals surface area contributed by atoms with Crippen molar-refractivity contribution >= 4 is 40.3 Å². The number of fused-ring (bicyclic) bond motifs is 1. The molecule has 35 heavy (non-hydrogen) atoms. The number of aromatic amines is 1. The second-order valence-corrected chi connectivity index (χ2v) is 8.51. The van der Waals surface area contributed by atoms with E-state index >= 15 is 0 Å². The number of aromatic nitrogens is 3. The third-order valence-corrected chi connectivity index (χ3v) is 6.12. The topological polar surface area (TPSA) is 95.2 Å². The molecule has 178 valence electrons. The van der Waals surface area contributed by atoms with Gasteiger partial charge in [0, 0.05) is 30.9 Å². The average Bonchev–Trinajstić information content (AvgIpc) is 3.50. The van der Waals surface area contributed by atoms with E-state index in [-0.39, 0.29) is 11.9 Å². The molecule has 1 aliphatic heterocycles. The minimum Gasteiger partial charge on any atom is -0.383 e. The van der Waals surface area contributed by atoms with E-state index in [1.807, 2.05) is 77.8 Å². The number of anilines is 2. The van der Waals surface area contributed by atoms with Crippen LogP contribution >= 0.6 is 0 Å². The molecule has 1 amide bonds. The Balaban J connectivity index is 1.32. The van der Waals surface area contributed by atoms with E-state index in [2.05, 4.69) is 25.9 Å². The van der Waals surface area contributed by atoms with Crippen LogP contribution < -0.4 is 10.7 Å². The first-order valence-corrected chi connectivity index (χ1v) is 11.7. The molecule has 2 aromatic carbocycles. The van der Waals surface area contributed by atoms with Crippen LogP contribution in [0.5, 0.6) is 0 Å². The number of H-pyrrole nitrogens is 1. The van der Waals surface area contributed by atoms with Gasteiger partial charge in [0.15, 0.2) is 0 Å². The van der Waals surface area contributed by atoms with E-state index in [0.717, 1.165) is 53.1 Å². The van der Waals surface area contributed by atoms with Crippen LogP contribution in [-0.2, 0) is 4.74 Å². The summed E-state index contributed by atoms with van der Waals surface area (Å²) in [5, 5.41) is 13.9. The molecule has 2 aromatic heterocycles. The molecule has 1 aliphatic rings. The van der Waals surface area contributed by atoms with Gasteiger partial charge in [-0.1, -0.05) is 18.2 Å². The molecule has 8 nitrogen and oxygen atoms in total. The van der Waals surface area contributed by atoms with Crippen molar-refractivity contribution in [1.82, 2.24) is 25.6 Å². The number of hydrogen-bond donors (Lipinski definition) is 3. The van der Waals surface area contributed by atoms with E-state index in [0.29, 0.717) is 12.2 Å². The summed E-state index contributed by atoms with van der Waals surface area (Å²) in [5.41, 5.74) is 7.86. The van der Waals surface area contributed by atoms with Crippen molar-refractivity contribution in [2.24, 2.45) is 0 Å². The first kappa shape index (κ1) is 22.8. The van der Waals surface area contributed by atoms with E-state index in [1.54, 1.807) is 13.3 Å². The van der Waals surface area contributed by atoms with Crippen LogP contribution in [0.2, 0.25) is 0 Å². The molecule has 0 unspecified atom stereocenters. The minimum absolute atomic E-state index is 0.138. The maximum absolute atomic E-state index is 13.1. The van der Waals surface area contributed by atoms with Crippen molar-refractivity contribution in [3.8, 4) is 0 Å². The number of nitrogens with one attached hydrogen (secondary N) is 3. The predicted octanol–water partition coefficient (Wildman–Crippen LogP) is 4.63. The zero-order chi connectivity index (χ0) is 24.0. The van der Waals surface area contributed by atoms with Crippen molar-refractivity contribution in [1.29, 1.82) is 0 Å². The smallest absolute Gasteiger partial charge is 0.267 e. The lowest BCUT2D eigenvalue weighted by atomic mass is 10.1. The number of carbonyl (C=O) groups excluding carboxylic acids is 1. The molecule has 5 rings (SSSR count). The Labute approximate surface area is 204 Å². The lowest BCUT2D eigenvalue weighted by Crippen LogP contribution is -2.46. The Morgan fingerprint density at radius 1 is 1.17 bits per heavy atom. The fourth-order valence-corrected chi connectivity index (χ4v) is 4.37. The number of amides is 1. The van der Waals surface area contributed by atoms with E-state index < -0.39 is 0 Å². The largest absolute Gasteiger partial charge is 0.383 e. The van der Waals surface area contributed by atoms with Crippen molar-refractivity contribution in [2.45, 2.75) is 18.9 Å². The van der Waals surface area contributed by atoms with Crippen LogP contribution in [0.15, 0.2) is 66.9 Å². The molecular formula is C27H28N6O2. The molecule has 1 atom stereocenters. The number of hydrazine groups is 1. The molecular weight excluding hydrogens is 440 g/mol. The van der Waals surface area contributed by atoms with Gasteiger partial charge in [0.25, 0.3) is 5.91 Å². The van der Waals surface area contributed by atoms with Gasteiger partial charge in [-0.15, -0.1) is 0 Å². The summed E-state index contributed by atoms with van der Waals surface area (Å²) in [4.78, 5) is 17.4. The van der Waals surface area contributed by atoms with Crippen molar-refractivity contribution in [3.05, 3.63) is 83.8 Å².